The van der Waals surface area contributed by atoms with Crippen molar-refractivity contribution in [1.29, 1.82) is 0 Å². The van der Waals surface area contributed by atoms with Crippen LogP contribution >= 0.6 is 0 Å². The molecule has 0 aromatic rings. The van der Waals surface area contributed by atoms with Gasteiger partial charge in [0.2, 0.25) is 0 Å². The van der Waals surface area contributed by atoms with Crippen molar-refractivity contribution in [2.45, 2.75) is 20.3 Å². The summed E-state index contributed by atoms with van der Waals surface area (Å²) in [5.74, 6) is 4.13. The molecule has 4 atom stereocenters. The molecular weight excluding hydrogens is 144 g/mol. The summed E-state index contributed by atoms with van der Waals surface area (Å²) in [6.45, 7) is 8.65. The van der Waals surface area contributed by atoms with E-state index in [0.29, 0.717) is 0 Å². The number of hydrogen-bond donors (Lipinski definition) is 0. The minimum atomic E-state index is 0.764. The van der Waals surface area contributed by atoms with Crippen LogP contribution in [0.4, 0.5) is 0 Å². The quantitative estimate of drug-likeness (QED) is 0.547. The number of rotatable bonds is 2. The van der Waals surface area contributed by atoms with Crippen LogP contribution in [0.25, 0.3) is 0 Å². The van der Waals surface area contributed by atoms with Crippen molar-refractivity contribution < 1.29 is 0 Å². The summed E-state index contributed by atoms with van der Waals surface area (Å²) in [6, 6.07) is 0. The van der Waals surface area contributed by atoms with Gasteiger partial charge in [0.25, 0.3) is 0 Å². The first-order valence-corrected chi connectivity index (χ1v) is 5.05. The highest BCUT2D eigenvalue weighted by atomic mass is 14.5. The summed E-state index contributed by atoms with van der Waals surface area (Å²) >= 11 is 0. The molecular formula is C12H18. The van der Waals surface area contributed by atoms with Gasteiger partial charge in [0, 0.05) is 0 Å². The molecule has 0 saturated heterocycles. The Morgan fingerprint density at radius 1 is 1.33 bits per heavy atom. The van der Waals surface area contributed by atoms with Gasteiger partial charge in [-0.15, -0.1) is 6.58 Å². The fourth-order valence-corrected chi connectivity index (χ4v) is 3.17. The van der Waals surface area contributed by atoms with Gasteiger partial charge in [-0.25, -0.2) is 0 Å². The van der Waals surface area contributed by atoms with E-state index in [4.69, 9.17) is 0 Å². The van der Waals surface area contributed by atoms with Crippen molar-refractivity contribution in [2.24, 2.45) is 29.6 Å². The van der Waals surface area contributed by atoms with Crippen molar-refractivity contribution in [3.05, 3.63) is 24.8 Å². The molecule has 0 N–H and O–H groups in total. The Morgan fingerprint density at radius 2 is 2.00 bits per heavy atom. The molecule has 0 amide bonds. The van der Waals surface area contributed by atoms with Gasteiger partial charge >= 0.3 is 0 Å². The molecule has 0 aromatic heterocycles. The minimum Gasteiger partial charge on any atom is -0.103 e. The predicted molar refractivity (Wildman–Crippen MR) is 52.8 cm³/mol. The summed E-state index contributed by atoms with van der Waals surface area (Å²) in [6.07, 6.45) is 8.39. The highest BCUT2D eigenvalue weighted by Gasteiger charge is 2.43. The second-order valence-corrected chi connectivity index (χ2v) is 4.58. The number of allylic oxidation sites excluding steroid dienone is 3. The Bertz CT molecular complexity index is 212. The zero-order chi connectivity index (χ0) is 8.72. The summed E-state index contributed by atoms with van der Waals surface area (Å²) in [5.41, 5.74) is 0. The van der Waals surface area contributed by atoms with Gasteiger partial charge in [-0.05, 0) is 36.0 Å². The molecule has 1 saturated carbocycles. The molecule has 0 aromatic carbocycles. The Labute approximate surface area is 75.4 Å². The Hall–Kier alpha value is -0.520. The summed E-state index contributed by atoms with van der Waals surface area (Å²) < 4.78 is 0. The van der Waals surface area contributed by atoms with Gasteiger partial charge in [0.05, 0.1) is 0 Å². The first-order valence-electron chi connectivity index (χ1n) is 5.05. The molecule has 2 rings (SSSR count). The maximum atomic E-state index is 3.96. The molecule has 0 radical (unpaired) electrons. The van der Waals surface area contributed by atoms with Crippen LogP contribution in [0.5, 0.6) is 0 Å². The largest absolute Gasteiger partial charge is 0.103 e. The molecule has 2 bridgehead atoms. The molecule has 0 spiro atoms. The van der Waals surface area contributed by atoms with E-state index in [1.807, 2.05) is 0 Å². The third-order valence-electron chi connectivity index (χ3n) is 3.63. The van der Waals surface area contributed by atoms with Crippen LogP contribution in [0, 0.1) is 29.6 Å². The van der Waals surface area contributed by atoms with E-state index in [1.165, 1.54) is 6.42 Å². The normalized spacial score (nSPS) is 44.2. The lowest BCUT2D eigenvalue weighted by Gasteiger charge is -2.28. The third kappa shape index (κ3) is 0.972. The minimum absolute atomic E-state index is 0.764. The van der Waals surface area contributed by atoms with Crippen molar-refractivity contribution in [3.63, 3.8) is 0 Å². The van der Waals surface area contributed by atoms with E-state index in [0.717, 1.165) is 29.6 Å². The molecule has 1 fully saturated rings. The average molecular weight is 162 g/mol. The second kappa shape index (κ2) is 2.76. The highest BCUT2D eigenvalue weighted by Crippen LogP contribution is 2.51. The van der Waals surface area contributed by atoms with Crippen LogP contribution in [-0.4, -0.2) is 0 Å². The number of fused-ring (bicyclic) bond motifs is 2. The first kappa shape index (κ1) is 8.10. The summed E-state index contributed by atoms with van der Waals surface area (Å²) in [4.78, 5) is 0. The molecule has 66 valence electrons. The van der Waals surface area contributed by atoms with E-state index in [-0.39, 0.29) is 0 Å². The summed E-state index contributed by atoms with van der Waals surface area (Å²) in [7, 11) is 0. The Balaban J connectivity index is 2.22. The maximum absolute atomic E-state index is 3.96. The van der Waals surface area contributed by atoms with Gasteiger partial charge in [-0.3, -0.25) is 0 Å². The lowest BCUT2D eigenvalue weighted by molar-refractivity contribution is 0.275. The second-order valence-electron chi connectivity index (χ2n) is 4.58. The van der Waals surface area contributed by atoms with E-state index in [1.54, 1.807) is 0 Å². The molecule has 0 heterocycles. The highest BCUT2D eigenvalue weighted by molar-refractivity contribution is 5.17. The Kier molecular flexibility index (Phi) is 1.86. The van der Waals surface area contributed by atoms with E-state index >= 15 is 0 Å². The monoisotopic (exact) mass is 162 g/mol. The van der Waals surface area contributed by atoms with Gasteiger partial charge in [0.1, 0.15) is 0 Å². The average Bonchev–Trinajstić information content (AvgIpc) is 2.60. The molecule has 0 heteroatoms. The van der Waals surface area contributed by atoms with E-state index in [9.17, 15) is 0 Å². The van der Waals surface area contributed by atoms with E-state index < -0.39 is 0 Å². The predicted octanol–water partition coefficient (Wildman–Crippen LogP) is 3.27. The molecule has 0 nitrogen and oxygen atoms in total. The fourth-order valence-electron chi connectivity index (χ4n) is 3.17. The smallest absolute Gasteiger partial charge is 0.0137 e. The van der Waals surface area contributed by atoms with Gasteiger partial charge in [-0.2, -0.15) is 0 Å². The molecule has 2 aliphatic rings. The van der Waals surface area contributed by atoms with Crippen molar-refractivity contribution in [3.8, 4) is 0 Å². The van der Waals surface area contributed by atoms with Gasteiger partial charge in [0.15, 0.2) is 0 Å². The van der Waals surface area contributed by atoms with Crippen molar-refractivity contribution in [1.82, 2.24) is 0 Å². The summed E-state index contributed by atoms with van der Waals surface area (Å²) in [5, 5.41) is 0. The molecule has 12 heavy (non-hydrogen) atoms. The molecule has 0 aliphatic heterocycles. The van der Waals surface area contributed by atoms with Crippen LogP contribution in [0.15, 0.2) is 24.8 Å². The standard InChI is InChI=1S/C12H18/c1-4-11-9-5-6-10(7-9)12(11)8(2)3/h4-6,8-12H,1,7H2,2-3H3. The topological polar surface area (TPSA) is 0 Å². The van der Waals surface area contributed by atoms with Crippen LogP contribution in [0.2, 0.25) is 0 Å². The third-order valence-corrected chi connectivity index (χ3v) is 3.63. The number of hydrogen-bond acceptors (Lipinski definition) is 0. The van der Waals surface area contributed by atoms with Gasteiger partial charge in [-0.1, -0.05) is 32.1 Å². The first-order chi connectivity index (χ1) is 5.74. The molecule has 2 aliphatic carbocycles. The Morgan fingerprint density at radius 3 is 2.50 bits per heavy atom. The van der Waals surface area contributed by atoms with Gasteiger partial charge < -0.3 is 0 Å². The maximum Gasteiger partial charge on any atom is -0.0137 e. The SMILES string of the molecule is C=CC1C2C=CC(C2)C1C(C)C. The van der Waals surface area contributed by atoms with Crippen molar-refractivity contribution in [2.75, 3.05) is 0 Å². The fraction of sp³-hybridized carbons (Fsp3) is 0.667. The zero-order valence-corrected chi connectivity index (χ0v) is 8.03. The van der Waals surface area contributed by atoms with Crippen LogP contribution in [0.1, 0.15) is 20.3 Å². The molecule has 4 unspecified atom stereocenters. The lowest BCUT2D eigenvalue weighted by atomic mass is 9.76. The van der Waals surface area contributed by atoms with Crippen LogP contribution < -0.4 is 0 Å². The van der Waals surface area contributed by atoms with E-state index in [2.05, 4.69) is 38.7 Å². The van der Waals surface area contributed by atoms with Crippen molar-refractivity contribution >= 4 is 0 Å². The lowest BCUT2D eigenvalue weighted by Crippen LogP contribution is -2.22. The van der Waals surface area contributed by atoms with Crippen LogP contribution in [0.3, 0.4) is 0 Å². The van der Waals surface area contributed by atoms with Crippen LogP contribution in [-0.2, 0) is 0 Å². The zero-order valence-electron chi connectivity index (χ0n) is 8.03.